The van der Waals surface area contributed by atoms with E-state index in [1.165, 1.54) is 6.92 Å². The number of ketones is 1. The smallest absolute Gasteiger partial charge is 0.407 e. The number of unbranched alkanes of at least 4 members (excludes halogenated alkanes) is 1. The number of hydrogen-bond acceptors (Lipinski definition) is 7. The van der Waals surface area contributed by atoms with E-state index < -0.39 is 17.7 Å². The normalized spacial score (nSPS) is 10.1. The fourth-order valence-electron chi connectivity index (χ4n) is 2.66. The highest BCUT2D eigenvalue weighted by atomic mass is 16.5. The molecule has 0 aliphatic carbocycles. The van der Waals surface area contributed by atoms with E-state index >= 15 is 0 Å². The monoisotopic (exact) mass is 545 g/mol. The number of amides is 1. The first-order valence-electron chi connectivity index (χ1n) is 12.9. The zero-order chi connectivity index (χ0) is 29.5. The predicted octanol–water partition coefficient (Wildman–Crippen LogP) is 5.43. The summed E-state index contributed by atoms with van der Waals surface area (Å²) in [5, 5.41) is 19.5. The van der Waals surface area contributed by atoms with E-state index in [0.717, 1.165) is 11.1 Å². The summed E-state index contributed by atoms with van der Waals surface area (Å²) in [5.41, 5.74) is 1.40. The Morgan fingerprint density at radius 3 is 1.67 bits per heavy atom. The average molecular weight is 546 g/mol. The molecule has 0 aromatic heterocycles. The molecule has 0 fully saturated rings. The summed E-state index contributed by atoms with van der Waals surface area (Å²) in [6.07, 6.45) is 2.13. The third-order valence-corrected chi connectivity index (χ3v) is 4.45. The number of ether oxygens (including phenoxy) is 2. The fourth-order valence-corrected chi connectivity index (χ4v) is 2.66. The van der Waals surface area contributed by atoms with Gasteiger partial charge in [-0.15, -0.1) is 0 Å². The molecule has 0 saturated heterocycles. The van der Waals surface area contributed by atoms with Crippen molar-refractivity contribution in [1.82, 2.24) is 5.32 Å². The van der Waals surface area contributed by atoms with Crippen LogP contribution in [0.1, 0.15) is 77.3 Å². The van der Waals surface area contributed by atoms with Gasteiger partial charge in [-0.25, -0.2) is 4.79 Å². The number of aliphatic carboxylic acids is 1. The molecule has 0 heterocycles. The van der Waals surface area contributed by atoms with E-state index in [1.54, 1.807) is 20.8 Å². The molecule has 0 aliphatic rings. The Morgan fingerprint density at radius 2 is 1.21 bits per heavy atom. The lowest BCUT2D eigenvalue weighted by molar-refractivity contribution is -0.145. The van der Waals surface area contributed by atoms with Crippen molar-refractivity contribution in [3.05, 3.63) is 71.8 Å². The van der Waals surface area contributed by atoms with Gasteiger partial charge in [0.05, 0.1) is 5.60 Å². The van der Waals surface area contributed by atoms with Crippen LogP contribution in [0.2, 0.25) is 0 Å². The Morgan fingerprint density at radius 1 is 0.744 bits per heavy atom. The van der Waals surface area contributed by atoms with E-state index in [4.69, 9.17) is 19.7 Å². The zero-order valence-corrected chi connectivity index (χ0v) is 23.5. The maximum absolute atomic E-state index is 11.3. The molecule has 2 aromatic carbocycles. The fraction of sp³-hybridized carbons (Fsp3) is 0.467. The number of esters is 1. The Labute approximate surface area is 231 Å². The highest BCUT2D eigenvalue weighted by molar-refractivity contribution is 5.75. The maximum Gasteiger partial charge on any atom is 0.407 e. The van der Waals surface area contributed by atoms with Crippen LogP contribution in [0.3, 0.4) is 0 Å². The summed E-state index contributed by atoms with van der Waals surface area (Å²) in [5.74, 6) is -0.980. The van der Waals surface area contributed by atoms with Gasteiger partial charge in [0.2, 0.25) is 0 Å². The first-order valence-corrected chi connectivity index (χ1v) is 12.9. The molecule has 216 valence electrons. The Hall–Kier alpha value is -3.72. The third kappa shape index (κ3) is 27.1. The van der Waals surface area contributed by atoms with Crippen molar-refractivity contribution in [3.8, 4) is 0 Å². The maximum atomic E-state index is 11.3. The van der Waals surface area contributed by atoms with Gasteiger partial charge in [-0.1, -0.05) is 60.7 Å². The van der Waals surface area contributed by atoms with Crippen LogP contribution in [0.25, 0.3) is 0 Å². The molecule has 0 radical (unpaired) electrons. The SMILES string of the molecule is CC(=O)CCCNC(=O)OCc1ccccc1.CC(C)(C)O.O=C(O)CCCCC(=O)OCc1ccccc1. The number of hydrogen-bond donors (Lipinski definition) is 3. The van der Waals surface area contributed by atoms with Crippen molar-refractivity contribution in [2.45, 2.75) is 85.0 Å². The van der Waals surface area contributed by atoms with Crippen LogP contribution >= 0.6 is 0 Å². The molecule has 9 heteroatoms. The molecule has 0 saturated carbocycles. The highest BCUT2D eigenvalue weighted by Gasteiger charge is 2.05. The molecule has 1 amide bonds. The number of carbonyl (C=O) groups excluding carboxylic acids is 3. The number of alkyl carbamates (subject to hydrolysis) is 1. The van der Waals surface area contributed by atoms with E-state index in [9.17, 15) is 19.2 Å². The van der Waals surface area contributed by atoms with E-state index in [-0.39, 0.29) is 37.8 Å². The van der Waals surface area contributed by atoms with E-state index in [2.05, 4.69) is 5.32 Å². The third-order valence-electron chi connectivity index (χ3n) is 4.45. The molecule has 0 atom stereocenters. The van der Waals surface area contributed by atoms with Gasteiger partial charge >= 0.3 is 18.0 Å². The summed E-state index contributed by atoms with van der Waals surface area (Å²) in [7, 11) is 0. The van der Waals surface area contributed by atoms with Crippen LogP contribution in [0.15, 0.2) is 60.7 Å². The highest BCUT2D eigenvalue weighted by Crippen LogP contribution is 2.05. The Kier molecular flexibility index (Phi) is 19.2. The van der Waals surface area contributed by atoms with Crippen molar-refractivity contribution < 1.29 is 38.9 Å². The van der Waals surface area contributed by atoms with Crippen molar-refractivity contribution in [2.75, 3.05) is 6.54 Å². The molecule has 0 aliphatic heterocycles. The summed E-state index contributed by atoms with van der Waals surface area (Å²) < 4.78 is 10.0. The summed E-state index contributed by atoms with van der Waals surface area (Å²) in [6, 6.07) is 18.9. The minimum atomic E-state index is -0.831. The second-order valence-corrected chi connectivity index (χ2v) is 9.71. The standard InChI is InChI=1S/C13H17NO3.C13H16O4.C4H10O/c1-11(15)6-5-9-14-13(16)17-10-12-7-3-2-4-8-12;14-12(15)8-4-5-9-13(16)17-10-11-6-2-1-3-7-11;1-4(2,3)5/h2-4,7-8H,5-6,9-10H2,1H3,(H,14,16);1-3,6-7H,4-5,8-10H2,(H,14,15);5H,1-3H3. The van der Waals surface area contributed by atoms with Gasteiger partial charge in [0.15, 0.2) is 0 Å². The predicted molar refractivity (Wildman–Crippen MR) is 149 cm³/mol. The average Bonchev–Trinajstić information content (AvgIpc) is 2.87. The second-order valence-electron chi connectivity index (χ2n) is 9.71. The van der Waals surface area contributed by atoms with Gasteiger partial charge in [-0.3, -0.25) is 9.59 Å². The molecule has 3 N–H and O–H groups in total. The number of rotatable bonds is 13. The van der Waals surface area contributed by atoms with E-state index in [1.807, 2.05) is 60.7 Å². The summed E-state index contributed by atoms with van der Waals surface area (Å²) >= 11 is 0. The van der Waals surface area contributed by atoms with Crippen LogP contribution in [0.5, 0.6) is 0 Å². The Bertz CT molecular complexity index is 876. The van der Waals surface area contributed by atoms with Gasteiger partial charge < -0.3 is 29.8 Å². The molecule has 2 aromatic rings. The van der Waals surface area contributed by atoms with Crippen LogP contribution in [0, 0.1) is 0 Å². The van der Waals surface area contributed by atoms with Crippen molar-refractivity contribution in [2.24, 2.45) is 0 Å². The lowest BCUT2D eigenvalue weighted by atomic mass is 10.2. The van der Waals surface area contributed by atoms with E-state index in [0.29, 0.717) is 32.2 Å². The largest absolute Gasteiger partial charge is 0.481 e. The molecule has 0 bridgehead atoms. The molecular formula is C30H43NO8. The molecule has 9 nitrogen and oxygen atoms in total. The lowest BCUT2D eigenvalue weighted by Crippen LogP contribution is -2.25. The molecule has 0 spiro atoms. The lowest BCUT2D eigenvalue weighted by Gasteiger charge is -2.06. The van der Waals surface area contributed by atoms with Gasteiger partial charge in [-0.2, -0.15) is 0 Å². The van der Waals surface area contributed by atoms with Crippen LogP contribution in [0.4, 0.5) is 4.79 Å². The second kappa shape index (κ2) is 21.2. The topological polar surface area (TPSA) is 139 Å². The quantitative estimate of drug-likeness (QED) is 0.224. The first-order chi connectivity index (χ1) is 18.4. The van der Waals surface area contributed by atoms with Crippen molar-refractivity contribution in [1.29, 1.82) is 0 Å². The van der Waals surface area contributed by atoms with Crippen molar-refractivity contribution >= 4 is 23.8 Å². The summed E-state index contributed by atoms with van der Waals surface area (Å²) in [6.45, 7) is 7.77. The number of benzene rings is 2. The van der Waals surface area contributed by atoms with Crippen LogP contribution in [-0.2, 0) is 37.1 Å². The van der Waals surface area contributed by atoms with Crippen LogP contribution < -0.4 is 5.32 Å². The molecule has 2 rings (SSSR count). The molecule has 0 unspecified atom stereocenters. The number of carbonyl (C=O) groups is 4. The number of carboxylic acid groups (broad SMARTS) is 1. The van der Waals surface area contributed by atoms with Crippen LogP contribution in [-0.4, -0.2) is 46.2 Å². The number of nitrogens with one attached hydrogen (secondary N) is 1. The number of Topliss-reactive ketones (excluding diaryl/α,β-unsaturated/α-hetero) is 1. The molecular weight excluding hydrogens is 502 g/mol. The van der Waals surface area contributed by atoms with Gasteiger partial charge in [-0.05, 0) is 58.1 Å². The Balaban J connectivity index is 0.000000632. The minimum absolute atomic E-state index is 0.103. The van der Waals surface area contributed by atoms with Gasteiger partial charge in [0.1, 0.15) is 19.0 Å². The zero-order valence-electron chi connectivity index (χ0n) is 23.5. The first kappa shape index (κ1) is 35.3. The number of carboxylic acids is 1. The number of aliphatic hydroxyl groups is 1. The van der Waals surface area contributed by atoms with Gasteiger partial charge in [0, 0.05) is 25.8 Å². The van der Waals surface area contributed by atoms with Crippen molar-refractivity contribution in [3.63, 3.8) is 0 Å². The minimum Gasteiger partial charge on any atom is -0.481 e. The molecule has 39 heavy (non-hydrogen) atoms. The summed E-state index contributed by atoms with van der Waals surface area (Å²) in [4.78, 5) is 43.4. The van der Waals surface area contributed by atoms with Gasteiger partial charge in [0.25, 0.3) is 0 Å².